The van der Waals surface area contributed by atoms with E-state index in [9.17, 15) is 0 Å². The molecular formula is C13H15ClN2S. The van der Waals surface area contributed by atoms with Crippen LogP contribution in [0.5, 0.6) is 0 Å². The molecule has 2 nitrogen and oxygen atoms in total. The number of nitrogens with one attached hydrogen (secondary N) is 1. The van der Waals surface area contributed by atoms with Gasteiger partial charge in [-0.25, -0.2) is 4.98 Å². The summed E-state index contributed by atoms with van der Waals surface area (Å²) < 4.78 is 0. The van der Waals surface area contributed by atoms with Gasteiger partial charge >= 0.3 is 0 Å². The van der Waals surface area contributed by atoms with Crippen molar-refractivity contribution in [2.75, 3.05) is 13.6 Å². The normalized spacial score (nSPS) is 10.7. The van der Waals surface area contributed by atoms with Gasteiger partial charge in [-0.3, -0.25) is 0 Å². The first-order valence-electron chi connectivity index (χ1n) is 5.65. The molecule has 1 heterocycles. The van der Waals surface area contributed by atoms with E-state index in [1.165, 1.54) is 4.88 Å². The first kappa shape index (κ1) is 12.6. The molecule has 1 aromatic heterocycles. The third kappa shape index (κ3) is 3.28. The highest BCUT2D eigenvalue weighted by molar-refractivity contribution is 7.15. The minimum absolute atomic E-state index is 0.767. The zero-order valence-electron chi connectivity index (χ0n) is 9.74. The molecule has 0 saturated heterocycles. The zero-order chi connectivity index (χ0) is 12.1. The van der Waals surface area contributed by atoms with Crippen LogP contribution >= 0.6 is 22.9 Å². The van der Waals surface area contributed by atoms with E-state index in [1.54, 1.807) is 11.3 Å². The summed E-state index contributed by atoms with van der Waals surface area (Å²) in [6, 6.07) is 7.84. The van der Waals surface area contributed by atoms with Gasteiger partial charge in [0, 0.05) is 16.6 Å². The Kier molecular flexibility index (Phi) is 4.54. The second kappa shape index (κ2) is 6.15. The maximum atomic E-state index is 6.15. The summed E-state index contributed by atoms with van der Waals surface area (Å²) in [4.78, 5) is 5.75. The van der Waals surface area contributed by atoms with Gasteiger partial charge in [-0.1, -0.05) is 29.8 Å². The number of halogens is 1. The molecule has 0 atom stereocenters. The van der Waals surface area contributed by atoms with E-state index >= 15 is 0 Å². The third-order valence-corrected chi connectivity index (χ3v) is 3.93. The predicted octanol–water partition coefficient (Wildman–Crippen LogP) is 3.62. The van der Waals surface area contributed by atoms with Crippen LogP contribution in [0.25, 0.3) is 10.6 Å². The van der Waals surface area contributed by atoms with Crippen LogP contribution in [-0.4, -0.2) is 18.6 Å². The molecule has 1 aromatic carbocycles. The van der Waals surface area contributed by atoms with E-state index < -0.39 is 0 Å². The van der Waals surface area contributed by atoms with Crippen molar-refractivity contribution in [1.29, 1.82) is 0 Å². The summed E-state index contributed by atoms with van der Waals surface area (Å²) in [6.07, 6.45) is 4.17. The lowest BCUT2D eigenvalue weighted by Gasteiger charge is -1.98. The van der Waals surface area contributed by atoms with Crippen molar-refractivity contribution < 1.29 is 0 Å². The molecule has 17 heavy (non-hydrogen) atoms. The topological polar surface area (TPSA) is 24.9 Å². The van der Waals surface area contributed by atoms with Crippen LogP contribution in [0.3, 0.4) is 0 Å². The standard InChI is InChI=1S/C13H15ClN2S/c1-15-8-4-5-10-9-16-13(17-10)11-6-2-3-7-12(11)14/h2-3,6-7,9,15H,4-5,8H2,1H3. The summed E-state index contributed by atoms with van der Waals surface area (Å²) in [6.45, 7) is 1.04. The maximum absolute atomic E-state index is 6.15. The summed E-state index contributed by atoms with van der Waals surface area (Å²) in [5.41, 5.74) is 1.03. The molecule has 0 amide bonds. The van der Waals surface area contributed by atoms with E-state index in [0.717, 1.165) is 35.0 Å². The van der Waals surface area contributed by atoms with Crippen molar-refractivity contribution in [3.05, 3.63) is 40.4 Å². The maximum Gasteiger partial charge on any atom is 0.125 e. The van der Waals surface area contributed by atoms with Gasteiger partial charge in [-0.15, -0.1) is 11.3 Å². The minimum Gasteiger partial charge on any atom is -0.320 e. The lowest BCUT2D eigenvalue weighted by Crippen LogP contribution is -2.07. The number of benzene rings is 1. The molecule has 4 heteroatoms. The quantitative estimate of drug-likeness (QED) is 0.837. The highest BCUT2D eigenvalue weighted by Crippen LogP contribution is 2.31. The van der Waals surface area contributed by atoms with E-state index in [-0.39, 0.29) is 0 Å². The molecular weight excluding hydrogens is 252 g/mol. The first-order valence-corrected chi connectivity index (χ1v) is 6.85. The second-order valence-electron chi connectivity index (χ2n) is 3.82. The lowest BCUT2D eigenvalue weighted by molar-refractivity contribution is 0.729. The second-order valence-corrected chi connectivity index (χ2v) is 5.34. The van der Waals surface area contributed by atoms with Gasteiger partial charge in [0.15, 0.2) is 0 Å². The van der Waals surface area contributed by atoms with Crippen LogP contribution < -0.4 is 5.32 Å². The largest absolute Gasteiger partial charge is 0.320 e. The van der Waals surface area contributed by atoms with Gasteiger partial charge in [0.2, 0.25) is 0 Å². The van der Waals surface area contributed by atoms with Gasteiger partial charge in [-0.2, -0.15) is 0 Å². The molecule has 0 aliphatic carbocycles. The van der Waals surface area contributed by atoms with E-state index in [4.69, 9.17) is 11.6 Å². The molecule has 2 aromatic rings. The van der Waals surface area contributed by atoms with Crippen molar-refractivity contribution in [3.8, 4) is 10.6 Å². The Morgan fingerprint density at radius 3 is 2.94 bits per heavy atom. The van der Waals surface area contributed by atoms with E-state index in [1.807, 2.05) is 37.5 Å². The fourth-order valence-electron chi connectivity index (χ4n) is 1.62. The van der Waals surface area contributed by atoms with Crippen LogP contribution in [0.4, 0.5) is 0 Å². The van der Waals surface area contributed by atoms with Gasteiger partial charge in [-0.05, 0) is 32.5 Å². The Bertz CT molecular complexity index is 482. The molecule has 0 aliphatic heterocycles. The third-order valence-electron chi connectivity index (χ3n) is 2.51. The van der Waals surface area contributed by atoms with Crippen LogP contribution in [0, 0.1) is 0 Å². The molecule has 0 spiro atoms. The Morgan fingerprint density at radius 2 is 2.18 bits per heavy atom. The summed E-state index contributed by atoms with van der Waals surface area (Å²) >= 11 is 7.88. The number of aromatic nitrogens is 1. The van der Waals surface area contributed by atoms with Crippen LogP contribution in [0.15, 0.2) is 30.5 Å². The Hall–Kier alpha value is -0.900. The van der Waals surface area contributed by atoms with Gasteiger partial charge in [0.05, 0.1) is 5.02 Å². The number of thiazole rings is 1. The molecule has 0 saturated carbocycles. The summed E-state index contributed by atoms with van der Waals surface area (Å²) in [5.74, 6) is 0. The van der Waals surface area contributed by atoms with Gasteiger partial charge in [0.25, 0.3) is 0 Å². The molecule has 0 bridgehead atoms. The number of aryl methyl sites for hydroxylation is 1. The van der Waals surface area contributed by atoms with Crippen molar-refractivity contribution in [3.63, 3.8) is 0 Å². The van der Waals surface area contributed by atoms with E-state index in [2.05, 4.69) is 10.3 Å². The van der Waals surface area contributed by atoms with Crippen molar-refractivity contribution in [1.82, 2.24) is 10.3 Å². The van der Waals surface area contributed by atoms with Crippen molar-refractivity contribution in [2.24, 2.45) is 0 Å². The highest BCUT2D eigenvalue weighted by Gasteiger charge is 2.07. The summed E-state index contributed by atoms with van der Waals surface area (Å²) in [7, 11) is 1.97. The Morgan fingerprint density at radius 1 is 1.35 bits per heavy atom. The monoisotopic (exact) mass is 266 g/mol. The number of rotatable bonds is 5. The Balaban J connectivity index is 2.10. The minimum atomic E-state index is 0.767. The highest BCUT2D eigenvalue weighted by atomic mass is 35.5. The number of nitrogens with zero attached hydrogens (tertiary/aromatic N) is 1. The fourth-order valence-corrected chi connectivity index (χ4v) is 2.90. The first-order chi connectivity index (χ1) is 8.31. The van der Waals surface area contributed by atoms with Crippen LogP contribution in [-0.2, 0) is 6.42 Å². The average molecular weight is 267 g/mol. The molecule has 2 rings (SSSR count). The molecule has 0 aliphatic rings. The average Bonchev–Trinajstić information content (AvgIpc) is 2.79. The molecule has 0 radical (unpaired) electrons. The predicted molar refractivity (Wildman–Crippen MR) is 74.8 cm³/mol. The molecule has 1 N–H and O–H groups in total. The smallest absolute Gasteiger partial charge is 0.125 e. The number of hydrogen-bond donors (Lipinski definition) is 1. The molecule has 0 unspecified atom stereocenters. The van der Waals surface area contributed by atoms with Gasteiger partial charge < -0.3 is 5.32 Å². The van der Waals surface area contributed by atoms with Gasteiger partial charge in [0.1, 0.15) is 5.01 Å². The number of hydrogen-bond acceptors (Lipinski definition) is 3. The summed E-state index contributed by atoms with van der Waals surface area (Å²) in [5, 5.41) is 4.93. The van der Waals surface area contributed by atoms with E-state index in [0.29, 0.717) is 0 Å². The molecule has 0 fully saturated rings. The zero-order valence-corrected chi connectivity index (χ0v) is 11.3. The molecule has 90 valence electrons. The fraction of sp³-hybridized carbons (Fsp3) is 0.308. The Labute approximate surface area is 111 Å². The van der Waals surface area contributed by atoms with Crippen molar-refractivity contribution in [2.45, 2.75) is 12.8 Å². The van der Waals surface area contributed by atoms with Crippen molar-refractivity contribution >= 4 is 22.9 Å². The van der Waals surface area contributed by atoms with Crippen LogP contribution in [0.2, 0.25) is 5.02 Å². The SMILES string of the molecule is CNCCCc1cnc(-c2ccccc2Cl)s1. The lowest BCUT2D eigenvalue weighted by atomic mass is 10.2. The van der Waals surface area contributed by atoms with Crippen LogP contribution in [0.1, 0.15) is 11.3 Å².